The van der Waals surface area contributed by atoms with Crippen LogP contribution in [0.15, 0.2) is 0 Å². The van der Waals surface area contributed by atoms with Gasteiger partial charge in [-0.25, -0.2) is 0 Å². The maximum Gasteiger partial charge on any atom is 0.196 e. The highest BCUT2D eigenvalue weighted by molar-refractivity contribution is 7.80. The molecule has 1 heterocycles. The van der Waals surface area contributed by atoms with Gasteiger partial charge >= 0.3 is 0 Å². The molecule has 0 aliphatic carbocycles. The summed E-state index contributed by atoms with van der Waals surface area (Å²) in [6.07, 6.45) is 1.04. The van der Waals surface area contributed by atoms with Gasteiger partial charge in [0.15, 0.2) is 10.9 Å². The zero-order chi connectivity index (χ0) is 10.4. The molecule has 0 radical (unpaired) electrons. The van der Waals surface area contributed by atoms with E-state index in [-0.39, 0.29) is 6.04 Å². The average Bonchev–Trinajstić information content (AvgIpc) is 2.67. The number of aromatic nitrogens is 4. The fraction of sp³-hybridized carbons (Fsp3) is 0.714. The van der Waals surface area contributed by atoms with Crippen LogP contribution in [0, 0.1) is 0 Å². The number of hydrogen-bond donors (Lipinski definition) is 3. The summed E-state index contributed by atoms with van der Waals surface area (Å²) >= 11 is 5.06. The molecule has 0 saturated heterocycles. The van der Waals surface area contributed by atoms with Crippen molar-refractivity contribution in [3.8, 4) is 0 Å². The molecule has 0 aromatic carbocycles. The molecular formula is C7H14N6S. The van der Waals surface area contributed by atoms with E-state index in [9.17, 15) is 0 Å². The van der Waals surface area contributed by atoms with Crippen molar-refractivity contribution in [2.24, 2.45) is 0 Å². The number of H-pyrrole nitrogens is 1. The van der Waals surface area contributed by atoms with Crippen LogP contribution >= 0.6 is 12.2 Å². The maximum absolute atomic E-state index is 5.06. The van der Waals surface area contributed by atoms with Crippen molar-refractivity contribution in [3.05, 3.63) is 5.82 Å². The van der Waals surface area contributed by atoms with Crippen molar-refractivity contribution in [1.29, 1.82) is 0 Å². The SMILES string of the molecule is CCCNC(=S)NC(C)c1nn[nH]n1. The summed E-state index contributed by atoms with van der Waals surface area (Å²) in [7, 11) is 0. The minimum atomic E-state index is -0.0365. The second-order valence-electron chi connectivity index (χ2n) is 2.89. The predicted molar refractivity (Wildman–Crippen MR) is 56.6 cm³/mol. The fourth-order valence-electron chi connectivity index (χ4n) is 0.904. The lowest BCUT2D eigenvalue weighted by molar-refractivity contribution is 0.651. The lowest BCUT2D eigenvalue weighted by Gasteiger charge is -2.13. The van der Waals surface area contributed by atoms with E-state index in [1.165, 1.54) is 0 Å². The lowest BCUT2D eigenvalue weighted by Crippen LogP contribution is -2.37. The van der Waals surface area contributed by atoms with Gasteiger partial charge in [0, 0.05) is 6.54 Å². The molecule has 14 heavy (non-hydrogen) atoms. The third-order valence-electron chi connectivity index (χ3n) is 1.63. The molecule has 0 fully saturated rings. The minimum absolute atomic E-state index is 0.0365. The summed E-state index contributed by atoms with van der Waals surface area (Å²) in [5.74, 6) is 0.602. The van der Waals surface area contributed by atoms with E-state index in [4.69, 9.17) is 12.2 Å². The van der Waals surface area contributed by atoms with Crippen LogP contribution in [0.5, 0.6) is 0 Å². The van der Waals surface area contributed by atoms with Gasteiger partial charge in [-0.1, -0.05) is 12.1 Å². The Morgan fingerprint density at radius 3 is 3.00 bits per heavy atom. The van der Waals surface area contributed by atoms with Crippen molar-refractivity contribution in [2.75, 3.05) is 6.54 Å². The molecule has 0 saturated carbocycles. The van der Waals surface area contributed by atoms with E-state index in [1.807, 2.05) is 6.92 Å². The van der Waals surface area contributed by atoms with Crippen LogP contribution in [-0.4, -0.2) is 32.3 Å². The Balaban J connectivity index is 2.33. The monoisotopic (exact) mass is 214 g/mol. The molecule has 1 unspecified atom stereocenters. The summed E-state index contributed by atoms with van der Waals surface area (Å²) in [4.78, 5) is 0. The third kappa shape index (κ3) is 3.25. The molecule has 0 spiro atoms. The number of rotatable bonds is 4. The molecule has 78 valence electrons. The molecule has 1 aromatic heterocycles. The standard InChI is InChI=1S/C7H14N6S/c1-3-4-8-7(14)9-5(2)6-10-12-13-11-6/h5H,3-4H2,1-2H3,(H2,8,9,14)(H,10,11,12,13). The van der Waals surface area contributed by atoms with E-state index in [0.717, 1.165) is 13.0 Å². The minimum Gasteiger partial charge on any atom is -0.363 e. The number of tetrazole rings is 1. The van der Waals surface area contributed by atoms with E-state index in [2.05, 4.69) is 38.2 Å². The molecule has 1 atom stereocenters. The first-order chi connectivity index (χ1) is 6.74. The Bertz CT molecular complexity index is 272. The summed E-state index contributed by atoms with van der Waals surface area (Å²) in [6, 6.07) is -0.0365. The second-order valence-corrected chi connectivity index (χ2v) is 3.30. The van der Waals surface area contributed by atoms with Gasteiger partial charge in [-0.15, -0.1) is 10.2 Å². The molecule has 0 aliphatic heterocycles. The molecule has 0 amide bonds. The van der Waals surface area contributed by atoms with Gasteiger partial charge in [0.2, 0.25) is 0 Å². The van der Waals surface area contributed by atoms with E-state index in [1.54, 1.807) is 0 Å². The molecule has 1 rings (SSSR count). The summed E-state index contributed by atoms with van der Waals surface area (Å²) in [6.45, 7) is 4.87. The number of thiocarbonyl (C=S) groups is 1. The Kier molecular flexibility index (Phi) is 4.24. The van der Waals surface area contributed by atoms with Gasteiger partial charge in [0.05, 0.1) is 6.04 Å². The van der Waals surface area contributed by atoms with Crippen LogP contribution in [-0.2, 0) is 0 Å². The largest absolute Gasteiger partial charge is 0.363 e. The molecule has 3 N–H and O–H groups in total. The number of nitrogens with zero attached hydrogens (tertiary/aromatic N) is 3. The molecular weight excluding hydrogens is 200 g/mol. The fourth-order valence-corrected chi connectivity index (χ4v) is 1.18. The predicted octanol–water partition coefficient (Wildman–Crippen LogP) is 0.135. The summed E-state index contributed by atoms with van der Waals surface area (Å²) < 4.78 is 0. The Morgan fingerprint density at radius 2 is 2.43 bits per heavy atom. The highest BCUT2D eigenvalue weighted by Crippen LogP contribution is 2.01. The normalized spacial score (nSPS) is 12.1. The molecule has 7 heteroatoms. The topological polar surface area (TPSA) is 78.5 Å². The maximum atomic E-state index is 5.06. The van der Waals surface area contributed by atoms with E-state index < -0.39 is 0 Å². The van der Waals surface area contributed by atoms with Crippen LogP contribution in [0.2, 0.25) is 0 Å². The van der Waals surface area contributed by atoms with Gasteiger partial charge in [0.25, 0.3) is 0 Å². The van der Waals surface area contributed by atoms with Crippen molar-refractivity contribution in [3.63, 3.8) is 0 Å². The highest BCUT2D eigenvalue weighted by atomic mass is 32.1. The van der Waals surface area contributed by atoms with Gasteiger partial charge < -0.3 is 10.6 Å². The van der Waals surface area contributed by atoms with E-state index >= 15 is 0 Å². The summed E-state index contributed by atoms with van der Waals surface area (Å²) in [5.41, 5.74) is 0. The Morgan fingerprint density at radius 1 is 1.64 bits per heavy atom. The van der Waals surface area contributed by atoms with Crippen LogP contribution in [0.4, 0.5) is 0 Å². The number of aromatic amines is 1. The molecule has 0 aliphatic rings. The quantitative estimate of drug-likeness (QED) is 0.619. The van der Waals surface area contributed by atoms with Crippen LogP contribution in [0.25, 0.3) is 0 Å². The lowest BCUT2D eigenvalue weighted by atomic mass is 10.3. The Hall–Kier alpha value is -1.24. The number of hydrogen-bond acceptors (Lipinski definition) is 4. The highest BCUT2D eigenvalue weighted by Gasteiger charge is 2.10. The molecule has 0 bridgehead atoms. The molecule has 1 aromatic rings. The van der Waals surface area contributed by atoms with Crippen LogP contribution < -0.4 is 10.6 Å². The van der Waals surface area contributed by atoms with Gasteiger partial charge in [0.1, 0.15) is 0 Å². The van der Waals surface area contributed by atoms with Crippen molar-refractivity contribution < 1.29 is 0 Å². The smallest absolute Gasteiger partial charge is 0.196 e. The third-order valence-corrected chi connectivity index (χ3v) is 1.89. The van der Waals surface area contributed by atoms with Crippen LogP contribution in [0.3, 0.4) is 0 Å². The average molecular weight is 214 g/mol. The first kappa shape index (κ1) is 10.8. The van der Waals surface area contributed by atoms with Crippen molar-refractivity contribution in [2.45, 2.75) is 26.3 Å². The zero-order valence-corrected chi connectivity index (χ0v) is 9.06. The van der Waals surface area contributed by atoms with Crippen molar-refractivity contribution in [1.82, 2.24) is 31.3 Å². The van der Waals surface area contributed by atoms with Gasteiger partial charge in [-0.3, -0.25) is 0 Å². The first-order valence-electron chi connectivity index (χ1n) is 4.51. The molecule has 6 nitrogen and oxygen atoms in total. The Labute approximate surface area is 87.9 Å². The van der Waals surface area contributed by atoms with Gasteiger partial charge in [-0.2, -0.15) is 5.21 Å². The van der Waals surface area contributed by atoms with E-state index in [0.29, 0.717) is 10.9 Å². The van der Waals surface area contributed by atoms with Crippen molar-refractivity contribution >= 4 is 17.3 Å². The zero-order valence-electron chi connectivity index (χ0n) is 8.24. The summed E-state index contributed by atoms with van der Waals surface area (Å²) in [5, 5.41) is 20.3. The van der Waals surface area contributed by atoms with Crippen LogP contribution in [0.1, 0.15) is 32.1 Å². The number of nitrogens with one attached hydrogen (secondary N) is 3. The first-order valence-corrected chi connectivity index (χ1v) is 4.92. The second kappa shape index (κ2) is 5.48. The van der Waals surface area contributed by atoms with Gasteiger partial charge in [-0.05, 0) is 25.6 Å².